The minimum absolute atomic E-state index is 0.272. The predicted molar refractivity (Wildman–Crippen MR) is 63.8 cm³/mol. The van der Waals surface area contributed by atoms with E-state index in [-0.39, 0.29) is 5.54 Å². The van der Waals surface area contributed by atoms with Crippen LogP contribution in [0.25, 0.3) is 0 Å². The number of hydrogen-bond acceptors (Lipinski definition) is 2. The Morgan fingerprint density at radius 2 is 2.00 bits per heavy atom. The summed E-state index contributed by atoms with van der Waals surface area (Å²) in [6.45, 7) is 9.01. The van der Waals surface area contributed by atoms with Gasteiger partial charge in [-0.2, -0.15) is 0 Å². The van der Waals surface area contributed by atoms with Gasteiger partial charge in [0.05, 0.1) is 0 Å². The van der Waals surface area contributed by atoms with Crippen LogP contribution in [-0.4, -0.2) is 30.1 Å². The van der Waals surface area contributed by atoms with E-state index in [0.29, 0.717) is 0 Å². The molecule has 2 heteroatoms. The summed E-state index contributed by atoms with van der Waals surface area (Å²) in [4.78, 5) is 2.55. The van der Waals surface area contributed by atoms with Crippen molar-refractivity contribution < 1.29 is 0 Å². The molecule has 0 aliphatic carbocycles. The molecule has 0 saturated carbocycles. The fourth-order valence-electron chi connectivity index (χ4n) is 2.12. The summed E-state index contributed by atoms with van der Waals surface area (Å²) in [5.41, 5.74) is 1.68. The van der Waals surface area contributed by atoms with Gasteiger partial charge in [0.15, 0.2) is 0 Å². The molecule has 0 spiro atoms. The molecule has 0 amide bonds. The van der Waals surface area contributed by atoms with E-state index < -0.39 is 0 Å². The van der Waals surface area contributed by atoms with Crippen molar-refractivity contribution in [3.63, 3.8) is 0 Å². The highest BCUT2D eigenvalue weighted by atomic mass is 15.2. The largest absolute Gasteiger partial charge is 0.314 e. The van der Waals surface area contributed by atoms with Gasteiger partial charge in [0, 0.05) is 31.7 Å². The molecule has 1 N–H and O–H groups in total. The molecule has 82 valence electrons. The van der Waals surface area contributed by atoms with Crippen molar-refractivity contribution in [3.8, 4) is 0 Å². The van der Waals surface area contributed by atoms with Crippen LogP contribution in [0.1, 0.15) is 19.4 Å². The van der Waals surface area contributed by atoms with E-state index in [2.05, 4.69) is 54.4 Å². The maximum atomic E-state index is 3.45. The normalized spacial score (nSPS) is 21.5. The van der Waals surface area contributed by atoms with Crippen LogP contribution in [0.2, 0.25) is 0 Å². The van der Waals surface area contributed by atoms with Gasteiger partial charge in [0.2, 0.25) is 0 Å². The highest BCUT2D eigenvalue weighted by molar-refractivity contribution is 5.15. The Kier molecular flexibility index (Phi) is 3.08. The van der Waals surface area contributed by atoms with Crippen LogP contribution in [0.15, 0.2) is 30.3 Å². The summed E-state index contributed by atoms with van der Waals surface area (Å²) in [5.74, 6) is 0. The second-order valence-corrected chi connectivity index (χ2v) is 4.90. The van der Waals surface area contributed by atoms with E-state index in [9.17, 15) is 0 Å². The van der Waals surface area contributed by atoms with E-state index in [1.54, 1.807) is 0 Å². The molecule has 0 unspecified atom stereocenters. The Bertz CT molecular complexity index is 306. The zero-order valence-corrected chi connectivity index (χ0v) is 9.66. The molecule has 15 heavy (non-hydrogen) atoms. The standard InChI is InChI=1S/C13H20N2/c1-13(2)11-14-8-9-15(13)10-12-6-4-3-5-7-12/h3-7,14H,8-11H2,1-2H3. The number of hydrogen-bond donors (Lipinski definition) is 1. The zero-order valence-electron chi connectivity index (χ0n) is 9.66. The highest BCUT2D eigenvalue weighted by Gasteiger charge is 2.28. The lowest BCUT2D eigenvalue weighted by molar-refractivity contribution is 0.0827. The molecule has 2 rings (SSSR count). The van der Waals surface area contributed by atoms with Crippen molar-refractivity contribution in [3.05, 3.63) is 35.9 Å². The van der Waals surface area contributed by atoms with Gasteiger partial charge >= 0.3 is 0 Å². The molecule has 1 heterocycles. The van der Waals surface area contributed by atoms with Gasteiger partial charge in [0.1, 0.15) is 0 Å². The van der Waals surface area contributed by atoms with Crippen molar-refractivity contribution >= 4 is 0 Å². The van der Waals surface area contributed by atoms with E-state index >= 15 is 0 Å². The van der Waals surface area contributed by atoms with Crippen LogP contribution in [0, 0.1) is 0 Å². The molecule has 1 aromatic rings. The lowest BCUT2D eigenvalue weighted by atomic mass is 9.99. The fourth-order valence-corrected chi connectivity index (χ4v) is 2.12. The molecule has 0 atom stereocenters. The minimum Gasteiger partial charge on any atom is -0.314 e. The molecule has 1 fully saturated rings. The molecule has 1 aliphatic heterocycles. The van der Waals surface area contributed by atoms with Crippen LogP contribution < -0.4 is 5.32 Å². The molecule has 0 radical (unpaired) electrons. The van der Waals surface area contributed by atoms with E-state index in [4.69, 9.17) is 0 Å². The third-order valence-electron chi connectivity index (χ3n) is 3.19. The third-order valence-corrected chi connectivity index (χ3v) is 3.19. The van der Waals surface area contributed by atoms with Gasteiger partial charge in [-0.1, -0.05) is 30.3 Å². The molecule has 1 saturated heterocycles. The number of nitrogens with one attached hydrogen (secondary N) is 1. The maximum Gasteiger partial charge on any atom is 0.0281 e. The summed E-state index contributed by atoms with van der Waals surface area (Å²) < 4.78 is 0. The van der Waals surface area contributed by atoms with Crippen molar-refractivity contribution in [1.82, 2.24) is 10.2 Å². The first-order chi connectivity index (χ1) is 7.18. The SMILES string of the molecule is CC1(C)CNCCN1Cc1ccccc1. The Labute approximate surface area is 92.3 Å². The van der Waals surface area contributed by atoms with Crippen LogP contribution in [-0.2, 0) is 6.54 Å². The fraction of sp³-hybridized carbons (Fsp3) is 0.538. The lowest BCUT2D eigenvalue weighted by Crippen LogP contribution is -2.57. The van der Waals surface area contributed by atoms with E-state index in [0.717, 1.165) is 26.2 Å². The molecular formula is C13H20N2. The monoisotopic (exact) mass is 204 g/mol. The van der Waals surface area contributed by atoms with Crippen molar-refractivity contribution in [1.29, 1.82) is 0 Å². The average Bonchev–Trinajstić information content (AvgIpc) is 2.23. The van der Waals surface area contributed by atoms with E-state index in [1.807, 2.05) is 0 Å². The van der Waals surface area contributed by atoms with Crippen molar-refractivity contribution in [2.45, 2.75) is 25.9 Å². The molecule has 1 aliphatic rings. The summed E-state index contributed by atoms with van der Waals surface area (Å²) in [6.07, 6.45) is 0. The summed E-state index contributed by atoms with van der Waals surface area (Å²) >= 11 is 0. The van der Waals surface area contributed by atoms with Crippen LogP contribution in [0.4, 0.5) is 0 Å². The third kappa shape index (κ3) is 2.58. The Hall–Kier alpha value is -0.860. The first-order valence-electron chi connectivity index (χ1n) is 5.68. The molecule has 0 bridgehead atoms. The minimum atomic E-state index is 0.272. The molecule has 0 aromatic heterocycles. The van der Waals surface area contributed by atoms with E-state index in [1.165, 1.54) is 5.56 Å². The summed E-state index contributed by atoms with van der Waals surface area (Å²) in [7, 11) is 0. The Morgan fingerprint density at radius 1 is 1.27 bits per heavy atom. The zero-order chi connectivity index (χ0) is 10.7. The smallest absolute Gasteiger partial charge is 0.0281 e. The highest BCUT2D eigenvalue weighted by Crippen LogP contribution is 2.19. The summed E-state index contributed by atoms with van der Waals surface area (Å²) in [5, 5.41) is 3.45. The predicted octanol–water partition coefficient (Wildman–Crippen LogP) is 1.87. The van der Waals surface area contributed by atoms with Gasteiger partial charge < -0.3 is 5.32 Å². The topological polar surface area (TPSA) is 15.3 Å². The quantitative estimate of drug-likeness (QED) is 0.791. The molecule has 2 nitrogen and oxygen atoms in total. The Balaban J connectivity index is 2.05. The second kappa shape index (κ2) is 4.33. The molecular weight excluding hydrogens is 184 g/mol. The van der Waals surface area contributed by atoms with Gasteiger partial charge in [-0.25, -0.2) is 0 Å². The average molecular weight is 204 g/mol. The van der Waals surface area contributed by atoms with Crippen LogP contribution >= 0.6 is 0 Å². The first-order valence-corrected chi connectivity index (χ1v) is 5.68. The number of piperazine rings is 1. The number of nitrogens with zero attached hydrogens (tertiary/aromatic N) is 1. The number of rotatable bonds is 2. The maximum absolute atomic E-state index is 3.45. The van der Waals surface area contributed by atoms with Crippen LogP contribution in [0.3, 0.4) is 0 Å². The second-order valence-electron chi connectivity index (χ2n) is 4.90. The van der Waals surface area contributed by atoms with Crippen molar-refractivity contribution in [2.75, 3.05) is 19.6 Å². The van der Waals surface area contributed by atoms with Gasteiger partial charge in [-0.15, -0.1) is 0 Å². The first kappa shape index (κ1) is 10.7. The number of benzene rings is 1. The Morgan fingerprint density at radius 3 is 2.67 bits per heavy atom. The van der Waals surface area contributed by atoms with Crippen molar-refractivity contribution in [2.24, 2.45) is 0 Å². The van der Waals surface area contributed by atoms with Gasteiger partial charge in [-0.05, 0) is 19.4 Å². The molecule has 1 aromatic carbocycles. The summed E-state index contributed by atoms with van der Waals surface area (Å²) in [6, 6.07) is 10.7. The van der Waals surface area contributed by atoms with Gasteiger partial charge in [-0.3, -0.25) is 4.90 Å². The lowest BCUT2D eigenvalue weighted by Gasteiger charge is -2.42. The van der Waals surface area contributed by atoms with Gasteiger partial charge in [0.25, 0.3) is 0 Å². The van der Waals surface area contributed by atoms with Crippen LogP contribution in [0.5, 0.6) is 0 Å².